The lowest BCUT2D eigenvalue weighted by molar-refractivity contribution is -0.0324. The van der Waals surface area contributed by atoms with E-state index in [4.69, 9.17) is 14.6 Å². The van der Waals surface area contributed by atoms with Crippen LogP contribution in [0.5, 0.6) is 5.75 Å². The molecule has 31 heavy (non-hydrogen) atoms. The van der Waals surface area contributed by atoms with Crippen LogP contribution in [-0.2, 0) is 11.3 Å². The highest BCUT2D eigenvalue weighted by Gasteiger charge is 2.30. The predicted octanol–water partition coefficient (Wildman–Crippen LogP) is 2.91. The van der Waals surface area contributed by atoms with Crippen molar-refractivity contribution < 1.29 is 19.4 Å². The maximum Gasteiger partial charge on any atom is 0.261 e. The number of ether oxygens (including phenoxy) is 2. The van der Waals surface area contributed by atoms with Gasteiger partial charge in [0, 0.05) is 48.9 Å². The Bertz CT molecular complexity index is 1070. The number of aromatic nitrogens is 1. The molecule has 0 spiro atoms. The lowest BCUT2D eigenvalue weighted by Crippen LogP contribution is -2.38. The van der Waals surface area contributed by atoms with Gasteiger partial charge in [0.2, 0.25) is 0 Å². The third kappa shape index (κ3) is 4.72. The largest absolute Gasteiger partial charge is 0.496 e. The van der Waals surface area contributed by atoms with Crippen LogP contribution in [0.3, 0.4) is 0 Å². The number of aliphatic hydroxyl groups excluding tert-OH is 1. The Morgan fingerprint density at radius 2 is 2.29 bits per heavy atom. The van der Waals surface area contributed by atoms with Crippen LogP contribution in [0, 0.1) is 6.92 Å². The normalized spacial score (nSPS) is 17.1. The van der Waals surface area contributed by atoms with Crippen LogP contribution in [0.4, 0.5) is 0 Å². The summed E-state index contributed by atoms with van der Waals surface area (Å²) in [6, 6.07) is 10.1. The summed E-state index contributed by atoms with van der Waals surface area (Å²) in [5.74, 6) is 0.685. The minimum atomic E-state index is -0.238. The van der Waals surface area contributed by atoms with Crippen molar-refractivity contribution in [2.24, 2.45) is 0 Å². The summed E-state index contributed by atoms with van der Waals surface area (Å²) in [6.07, 6.45) is 1.49. The molecule has 1 amide bonds. The number of rotatable bonds is 7. The molecular weight excluding hydrogens is 414 g/mol. The van der Waals surface area contributed by atoms with E-state index >= 15 is 0 Å². The SMILES string of the molecule is COc1cc(C)ccc1CN1CCO[C@@H](c2c(C(=O)NCCO)sc3ncccc23)C1. The average Bonchev–Trinajstić information content (AvgIpc) is 3.18. The molecule has 1 aromatic carbocycles. The molecule has 0 bridgehead atoms. The molecule has 0 radical (unpaired) electrons. The van der Waals surface area contributed by atoms with Crippen molar-refractivity contribution in [3.8, 4) is 5.75 Å². The van der Waals surface area contributed by atoms with Gasteiger partial charge in [0.25, 0.3) is 5.91 Å². The molecule has 1 saturated heterocycles. The molecule has 1 aliphatic heterocycles. The van der Waals surface area contributed by atoms with Crippen LogP contribution in [0.1, 0.15) is 32.5 Å². The van der Waals surface area contributed by atoms with E-state index in [1.807, 2.05) is 12.1 Å². The monoisotopic (exact) mass is 441 g/mol. The van der Waals surface area contributed by atoms with Crippen molar-refractivity contribution in [1.82, 2.24) is 15.2 Å². The number of nitrogens with one attached hydrogen (secondary N) is 1. The highest BCUT2D eigenvalue weighted by Crippen LogP contribution is 2.37. The Morgan fingerprint density at radius 3 is 3.10 bits per heavy atom. The average molecular weight is 442 g/mol. The fourth-order valence-corrected chi connectivity index (χ4v) is 5.04. The lowest BCUT2D eigenvalue weighted by atomic mass is 10.0. The molecule has 2 N–H and O–H groups in total. The summed E-state index contributed by atoms with van der Waals surface area (Å²) in [5, 5.41) is 12.8. The maximum atomic E-state index is 12.8. The van der Waals surface area contributed by atoms with Gasteiger partial charge < -0.3 is 19.9 Å². The molecule has 8 heteroatoms. The van der Waals surface area contributed by atoms with E-state index in [0.717, 1.165) is 45.7 Å². The summed E-state index contributed by atoms with van der Waals surface area (Å²) in [5.41, 5.74) is 3.17. The first-order chi connectivity index (χ1) is 15.1. The van der Waals surface area contributed by atoms with Crippen molar-refractivity contribution >= 4 is 27.5 Å². The van der Waals surface area contributed by atoms with Crippen LogP contribution in [-0.4, -0.2) is 60.9 Å². The molecule has 4 rings (SSSR count). The van der Waals surface area contributed by atoms with E-state index in [-0.39, 0.29) is 25.2 Å². The number of benzene rings is 1. The number of thiophene rings is 1. The summed E-state index contributed by atoms with van der Waals surface area (Å²) in [6.45, 7) is 4.96. The number of methoxy groups -OCH3 is 1. The van der Waals surface area contributed by atoms with E-state index in [1.165, 1.54) is 11.3 Å². The summed E-state index contributed by atoms with van der Waals surface area (Å²) in [4.78, 5) is 21.0. The Morgan fingerprint density at radius 1 is 1.42 bits per heavy atom. The Labute approximate surface area is 185 Å². The van der Waals surface area contributed by atoms with Gasteiger partial charge in [-0.3, -0.25) is 9.69 Å². The van der Waals surface area contributed by atoms with Gasteiger partial charge in [-0.25, -0.2) is 4.98 Å². The number of fused-ring (bicyclic) bond motifs is 1. The van der Waals surface area contributed by atoms with Crippen molar-refractivity contribution in [1.29, 1.82) is 0 Å². The number of pyridine rings is 1. The van der Waals surface area contributed by atoms with Gasteiger partial charge in [-0.2, -0.15) is 0 Å². The lowest BCUT2D eigenvalue weighted by Gasteiger charge is -2.33. The van der Waals surface area contributed by atoms with Gasteiger partial charge in [0.1, 0.15) is 15.5 Å². The minimum Gasteiger partial charge on any atom is -0.496 e. The molecule has 0 unspecified atom stereocenters. The smallest absolute Gasteiger partial charge is 0.261 e. The Hall–Kier alpha value is -2.52. The summed E-state index contributed by atoms with van der Waals surface area (Å²) >= 11 is 1.37. The summed E-state index contributed by atoms with van der Waals surface area (Å²) < 4.78 is 11.7. The predicted molar refractivity (Wildman–Crippen MR) is 121 cm³/mol. The molecular formula is C23H27N3O4S. The van der Waals surface area contributed by atoms with Crippen molar-refractivity contribution in [3.63, 3.8) is 0 Å². The summed E-state index contributed by atoms with van der Waals surface area (Å²) in [7, 11) is 1.70. The molecule has 0 aliphatic carbocycles. The number of nitrogens with zero attached hydrogens (tertiary/aromatic N) is 2. The number of amides is 1. The van der Waals surface area contributed by atoms with Crippen LogP contribution >= 0.6 is 11.3 Å². The van der Waals surface area contributed by atoms with E-state index in [2.05, 4.69) is 40.3 Å². The highest BCUT2D eigenvalue weighted by atomic mass is 32.1. The third-order valence-corrected chi connectivity index (χ3v) is 6.55. The van der Waals surface area contributed by atoms with Gasteiger partial charge in [-0.15, -0.1) is 11.3 Å². The second-order valence-corrected chi connectivity index (χ2v) is 8.59. The first-order valence-corrected chi connectivity index (χ1v) is 11.2. The molecule has 2 aromatic heterocycles. The van der Waals surface area contributed by atoms with Gasteiger partial charge in [0.05, 0.1) is 26.4 Å². The van der Waals surface area contributed by atoms with E-state index in [9.17, 15) is 4.79 Å². The molecule has 0 saturated carbocycles. The molecule has 1 atom stereocenters. The first kappa shape index (κ1) is 21.7. The minimum absolute atomic E-state index is 0.101. The second kappa shape index (κ2) is 9.74. The van der Waals surface area contributed by atoms with E-state index in [1.54, 1.807) is 13.3 Å². The standard InChI is InChI=1S/C23H27N3O4S/c1-15-5-6-16(18(12-15)29-2)13-26-9-11-30-19(14-26)20-17-4-3-7-25-23(17)31-21(20)22(28)24-8-10-27/h3-7,12,19,27H,8-11,13-14H2,1-2H3,(H,24,28)/t19-/m1/s1. The van der Waals surface area contributed by atoms with E-state index in [0.29, 0.717) is 18.0 Å². The second-order valence-electron chi connectivity index (χ2n) is 7.59. The third-order valence-electron chi connectivity index (χ3n) is 5.42. The molecule has 3 aromatic rings. The van der Waals surface area contributed by atoms with Crippen molar-refractivity contribution in [2.75, 3.05) is 40.0 Å². The van der Waals surface area contributed by atoms with Gasteiger partial charge in [0.15, 0.2) is 0 Å². The zero-order valence-electron chi connectivity index (χ0n) is 17.8. The van der Waals surface area contributed by atoms with Crippen LogP contribution < -0.4 is 10.1 Å². The number of hydrogen-bond donors (Lipinski definition) is 2. The molecule has 1 aliphatic rings. The maximum absolute atomic E-state index is 12.8. The topological polar surface area (TPSA) is 83.9 Å². The fraction of sp³-hybridized carbons (Fsp3) is 0.391. The number of aliphatic hydroxyl groups is 1. The Balaban J connectivity index is 1.61. The van der Waals surface area contributed by atoms with Crippen molar-refractivity contribution in [3.05, 3.63) is 58.1 Å². The number of aryl methyl sites for hydroxylation is 1. The van der Waals surface area contributed by atoms with Gasteiger partial charge in [-0.05, 0) is 24.6 Å². The highest BCUT2D eigenvalue weighted by molar-refractivity contribution is 7.20. The van der Waals surface area contributed by atoms with Gasteiger partial charge in [-0.1, -0.05) is 18.2 Å². The first-order valence-electron chi connectivity index (χ1n) is 10.3. The molecule has 3 heterocycles. The van der Waals surface area contributed by atoms with Crippen molar-refractivity contribution in [2.45, 2.75) is 19.6 Å². The number of carbonyl (C=O) groups is 1. The zero-order valence-corrected chi connectivity index (χ0v) is 18.6. The number of carbonyl (C=O) groups excluding carboxylic acids is 1. The van der Waals surface area contributed by atoms with Crippen LogP contribution in [0.25, 0.3) is 10.2 Å². The fourth-order valence-electron chi connectivity index (χ4n) is 3.93. The zero-order chi connectivity index (χ0) is 21.8. The van der Waals surface area contributed by atoms with E-state index < -0.39 is 0 Å². The Kier molecular flexibility index (Phi) is 6.82. The number of morpholine rings is 1. The van der Waals surface area contributed by atoms with Crippen LogP contribution in [0.2, 0.25) is 0 Å². The number of hydrogen-bond acceptors (Lipinski definition) is 7. The van der Waals surface area contributed by atoms with Gasteiger partial charge >= 0.3 is 0 Å². The molecule has 164 valence electrons. The quantitative estimate of drug-likeness (QED) is 0.587. The van der Waals surface area contributed by atoms with Crippen LogP contribution in [0.15, 0.2) is 36.5 Å². The molecule has 1 fully saturated rings. The molecule has 7 nitrogen and oxygen atoms in total.